The van der Waals surface area contributed by atoms with Gasteiger partial charge < -0.3 is 9.64 Å². The molecule has 1 atom stereocenters. The molecule has 0 saturated carbocycles. The van der Waals surface area contributed by atoms with Crippen molar-refractivity contribution in [3.63, 3.8) is 0 Å². The first kappa shape index (κ1) is 11.8. The smallest absolute Gasteiger partial charge is 0.409 e. The predicted octanol–water partition coefficient (Wildman–Crippen LogP) is 2.16. The van der Waals surface area contributed by atoms with Gasteiger partial charge in [-0.05, 0) is 25.2 Å². The normalized spacial score (nSPS) is 21.6. The zero-order valence-corrected chi connectivity index (χ0v) is 9.24. The Hall–Kier alpha value is -1.24. The van der Waals surface area contributed by atoms with Gasteiger partial charge in [0, 0.05) is 19.5 Å². The zero-order valence-electron chi connectivity index (χ0n) is 9.24. The molecular formula is C11H18N2O2. The molecule has 1 amide bonds. The highest BCUT2D eigenvalue weighted by atomic mass is 16.5. The van der Waals surface area contributed by atoms with Gasteiger partial charge in [-0.3, -0.25) is 0 Å². The van der Waals surface area contributed by atoms with Crippen LogP contribution in [0.25, 0.3) is 0 Å². The molecule has 0 aromatic carbocycles. The van der Waals surface area contributed by atoms with Crippen LogP contribution in [0.1, 0.15) is 32.1 Å². The lowest BCUT2D eigenvalue weighted by molar-refractivity contribution is 0.119. The van der Waals surface area contributed by atoms with Gasteiger partial charge in [0.2, 0.25) is 0 Å². The van der Waals surface area contributed by atoms with Crippen molar-refractivity contribution in [2.75, 3.05) is 20.2 Å². The van der Waals surface area contributed by atoms with Crippen LogP contribution >= 0.6 is 0 Å². The number of ether oxygens (including phenoxy) is 1. The maximum absolute atomic E-state index is 11.4. The van der Waals surface area contributed by atoms with Crippen molar-refractivity contribution in [3.05, 3.63) is 0 Å². The first-order chi connectivity index (χ1) is 7.27. The first-order valence-corrected chi connectivity index (χ1v) is 5.47. The van der Waals surface area contributed by atoms with Crippen molar-refractivity contribution < 1.29 is 9.53 Å². The van der Waals surface area contributed by atoms with Crippen molar-refractivity contribution in [1.82, 2.24) is 4.90 Å². The van der Waals surface area contributed by atoms with E-state index in [-0.39, 0.29) is 6.09 Å². The van der Waals surface area contributed by atoms with Crippen molar-refractivity contribution in [2.45, 2.75) is 32.1 Å². The lowest BCUT2D eigenvalue weighted by atomic mass is 9.98. The van der Waals surface area contributed by atoms with E-state index in [4.69, 9.17) is 10.00 Å². The number of methoxy groups -OCH3 is 1. The summed E-state index contributed by atoms with van der Waals surface area (Å²) in [4.78, 5) is 13.1. The molecule has 4 heteroatoms. The minimum Gasteiger partial charge on any atom is -0.453 e. The fourth-order valence-electron chi connectivity index (χ4n) is 2.03. The standard InChI is InChI=1S/C11H18N2O2/c1-15-11(14)13-8-3-2-5-10(9-13)6-4-7-12/h10H,2-6,8-9H2,1H3. The quantitative estimate of drug-likeness (QED) is 0.701. The second-order valence-corrected chi connectivity index (χ2v) is 3.97. The van der Waals surface area contributed by atoms with E-state index in [0.717, 1.165) is 38.8 Å². The Balaban J connectivity index is 2.46. The van der Waals surface area contributed by atoms with Gasteiger partial charge in [0.15, 0.2) is 0 Å². The van der Waals surface area contributed by atoms with Gasteiger partial charge in [0.25, 0.3) is 0 Å². The van der Waals surface area contributed by atoms with Gasteiger partial charge in [-0.25, -0.2) is 4.79 Å². The molecule has 1 unspecified atom stereocenters. The highest BCUT2D eigenvalue weighted by Gasteiger charge is 2.21. The summed E-state index contributed by atoms with van der Waals surface area (Å²) >= 11 is 0. The summed E-state index contributed by atoms with van der Waals surface area (Å²) in [5, 5.41) is 8.53. The number of likely N-dealkylation sites (tertiary alicyclic amines) is 1. The van der Waals surface area contributed by atoms with Crippen LogP contribution in [-0.2, 0) is 4.74 Å². The Kier molecular flexibility index (Phi) is 4.96. The molecule has 1 fully saturated rings. The summed E-state index contributed by atoms with van der Waals surface area (Å²) in [6, 6.07) is 2.16. The molecule has 1 rings (SSSR count). The molecule has 0 aromatic rings. The van der Waals surface area contributed by atoms with E-state index in [1.165, 1.54) is 7.11 Å². The molecule has 1 heterocycles. The first-order valence-electron chi connectivity index (χ1n) is 5.47. The molecule has 0 radical (unpaired) electrons. The number of rotatable bonds is 2. The Morgan fingerprint density at radius 2 is 2.40 bits per heavy atom. The Labute approximate surface area is 90.8 Å². The summed E-state index contributed by atoms with van der Waals surface area (Å²) in [5.41, 5.74) is 0. The fraction of sp³-hybridized carbons (Fsp3) is 0.818. The van der Waals surface area contributed by atoms with Gasteiger partial charge in [0.1, 0.15) is 0 Å². The van der Waals surface area contributed by atoms with E-state index in [0.29, 0.717) is 12.3 Å². The van der Waals surface area contributed by atoms with Crippen LogP contribution < -0.4 is 0 Å². The molecule has 4 nitrogen and oxygen atoms in total. The number of carbonyl (C=O) groups excluding carboxylic acids is 1. The van der Waals surface area contributed by atoms with Crippen molar-refractivity contribution >= 4 is 6.09 Å². The maximum atomic E-state index is 11.4. The van der Waals surface area contributed by atoms with Crippen LogP contribution in [0, 0.1) is 17.2 Å². The molecule has 1 saturated heterocycles. The lowest BCUT2D eigenvalue weighted by Gasteiger charge is -2.22. The molecule has 0 spiro atoms. The predicted molar refractivity (Wildman–Crippen MR) is 56.2 cm³/mol. The SMILES string of the molecule is COC(=O)N1CCCCC(CCC#N)C1. The second kappa shape index (κ2) is 6.28. The molecule has 0 bridgehead atoms. The molecule has 84 valence electrons. The third-order valence-electron chi connectivity index (χ3n) is 2.87. The average Bonchev–Trinajstić information content (AvgIpc) is 2.50. The Morgan fingerprint density at radius 3 is 3.07 bits per heavy atom. The van der Waals surface area contributed by atoms with Gasteiger partial charge >= 0.3 is 6.09 Å². The number of hydrogen-bond donors (Lipinski definition) is 0. The van der Waals surface area contributed by atoms with Crippen LogP contribution in [0.2, 0.25) is 0 Å². The maximum Gasteiger partial charge on any atom is 0.409 e. The average molecular weight is 210 g/mol. The summed E-state index contributed by atoms with van der Waals surface area (Å²) in [6.45, 7) is 1.53. The van der Waals surface area contributed by atoms with E-state index >= 15 is 0 Å². The minimum atomic E-state index is -0.237. The Morgan fingerprint density at radius 1 is 1.60 bits per heavy atom. The zero-order chi connectivity index (χ0) is 11.1. The molecular weight excluding hydrogens is 192 g/mol. The van der Waals surface area contributed by atoms with E-state index < -0.39 is 0 Å². The number of nitriles is 1. The highest BCUT2D eigenvalue weighted by molar-refractivity contribution is 5.67. The number of carbonyl (C=O) groups is 1. The van der Waals surface area contributed by atoms with Crippen LogP contribution in [-0.4, -0.2) is 31.2 Å². The highest BCUT2D eigenvalue weighted by Crippen LogP contribution is 2.20. The number of nitrogens with zero attached hydrogens (tertiary/aromatic N) is 2. The third kappa shape index (κ3) is 3.78. The lowest BCUT2D eigenvalue weighted by Crippen LogP contribution is -2.34. The van der Waals surface area contributed by atoms with Gasteiger partial charge in [-0.1, -0.05) is 6.42 Å². The van der Waals surface area contributed by atoms with Crippen LogP contribution in [0.5, 0.6) is 0 Å². The largest absolute Gasteiger partial charge is 0.453 e. The van der Waals surface area contributed by atoms with E-state index in [9.17, 15) is 4.79 Å². The molecule has 0 aromatic heterocycles. The third-order valence-corrected chi connectivity index (χ3v) is 2.87. The topological polar surface area (TPSA) is 53.3 Å². The summed E-state index contributed by atoms with van der Waals surface area (Å²) in [5.74, 6) is 0.464. The summed E-state index contributed by atoms with van der Waals surface area (Å²) in [6.07, 6.45) is 4.54. The molecule has 0 aliphatic carbocycles. The number of hydrogen-bond acceptors (Lipinski definition) is 3. The van der Waals surface area contributed by atoms with Gasteiger partial charge in [-0.2, -0.15) is 5.26 Å². The van der Waals surface area contributed by atoms with E-state index in [1.54, 1.807) is 4.90 Å². The van der Waals surface area contributed by atoms with E-state index in [2.05, 4.69) is 6.07 Å². The van der Waals surface area contributed by atoms with Crippen molar-refractivity contribution in [1.29, 1.82) is 5.26 Å². The molecule has 1 aliphatic heterocycles. The molecule has 0 N–H and O–H groups in total. The van der Waals surface area contributed by atoms with Crippen molar-refractivity contribution in [2.24, 2.45) is 5.92 Å². The fourth-order valence-corrected chi connectivity index (χ4v) is 2.03. The van der Waals surface area contributed by atoms with Crippen molar-refractivity contribution in [3.8, 4) is 6.07 Å². The summed E-state index contributed by atoms with van der Waals surface area (Å²) < 4.78 is 4.72. The van der Waals surface area contributed by atoms with Crippen LogP contribution in [0.15, 0.2) is 0 Å². The minimum absolute atomic E-state index is 0.237. The van der Waals surface area contributed by atoms with Gasteiger partial charge in [-0.15, -0.1) is 0 Å². The number of amides is 1. The summed E-state index contributed by atoms with van der Waals surface area (Å²) in [7, 11) is 1.41. The van der Waals surface area contributed by atoms with E-state index in [1.807, 2.05) is 0 Å². The van der Waals surface area contributed by atoms with Crippen LogP contribution in [0.3, 0.4) is 0 Å². The Bertz CT molecular complexity index is 247. The van der Waals surface area contributed by atoms with Gasteiger partial charge in [0.05, 0.1) is 13.2 Å². The monoisotopic (exact) mass is 210 g/mol. The second-order valence-electron chi connectivity index (χ2n) is 3.97. The van der Waals surface area contributed by atoms with Crippen LogP contribution in [0.4, 0.5) is 4.79 Å². The molecule has 15 heavy (non-hydrogen) atoms. The molecule has 1 aliphatic rings.